The molecule has 0 saturated carbocycles. The van der Waals surface area contributed by atoms with E-state index < -0.39 is 11.7 Å². The number of carbonyl (C=O) groups excluding carboxylic acids is 1. The van der Waals surface area contributed by atoms with Crippen LogP contribution in [0.2, 0.25) is 0 Å². The summed E-state index contributed by atoms with van der Waals surface area (Å²) in [6.07, 6.45) is -0.284. The molecule has 0 bridgehead atoms. The van der Waals surface area contributed by atoms with Gasteiger partial charge in [-0.1, -0.05) is 0 Å². The number of Topliss-reactive ketones (excluding diaryl/α,β-unsaturated/α-hetero) is 1. The number of fused-ring (bicyclic) bond motifs is 1. The predicted octanol–water partition coefficient (Wildman–Crippen LogP) is 1.18. The Labute approximate surface area is 101 Å². The molecular weight excluding hydrogens is 238 g/mol. The summed E-state index contributed by atoms with van der Waals surface area (Å²) in [5, 5.41) is 8.51. The normalized spacial score (nSPS) is 10.7. The van der Waals surface area contributed by atoms with E-state index >= 15 is 0 Å². The highest BCUT2D eigenvalue weighted by Crippen LogP contribution is 2.15. The van der Waals surface area contributed by atoms with E-state index in [0.717, 1.165) is 0 Å². The van der Waals surface area contributed by atoms with Crippen molar-refractivity contribution in [1.82, 2.24) is 4.57 Å². The van der Waals surface area contributed by atoms with Crippen molar-refractivity contribution in [1.29, 1.82) is 0 Å². The molecule has 2 aromatic rings. The molecule has 0 fully saturated rings. The number of nitrogens with zero attached hydrogens (tertiary/aromatic N) is 1. The van der Waals surface area contributed by atoms with Crippen LogP contribution in [0.3, 0.4) is 0 Å². The monoisotopic (exact) mass is 249 g/mol. The van der Waals surface area contributed by atoms with Gasteiger partial charge in [-0.3, -0.25) is 14.2 Å². The zero-order chi connectivity index (χ0) is 13.3. The quantitative estimate of drug-likeness (QED) is 0.822. The van der Waals surface area contributed by atoms with Crippen molar-refractivity contribution in [3.05, 3.63) is 34.3 Å². The van der Waals surface area contributed by atoms with E-state index in [-0.39, 0.29) is 18.6 Å². The molecule has 0 amide bonds. The fraction of sp³-hybridized carbons (Fsp3) is 0.250. The average molecular weight is 249 g/mol. The maximum absolute atomic E-state index is 11.7. The van der Waals surface area contributed by atoms with Crippen LogP contribution < -0.4 is 5.76 Å². The van der Waals surface area contributed by atoms with Crippen LogP contribution in [0.5, 0.6) is 0 Å². The minimum atomic E-state index is -1.02. The van der Waals surface area contributed by atoms with Gasteiger partial charge in [0.25, 0.3) is 0 Å². The number of ketones is 1. The molecule has 0 spiro atoms. The highest BCUT2D eigenvalue weighted by atomic mass is 16.4. The molecule has 0 atom stereocenters. The van der Waals surface area contributed by atoms with E-state index in [1.165, 1.54) is 10.6 Å². The summed E-state index contributed by atoms with van der Waals surface area (Å²) in [5.74, 6) is -1.80. The summed E-state index contributed by atoms with van der Waals surface area (Å²) in [6.45, 7) is 0. The van der Waals surface area contributed by atoms with Crippen LogP contribution in [-0.4, -0.2) is 21.4 Å². The Kier molecular flexibility index (Phi) is 3.01. The highest BCUT2D eigenvalue weighted by molar-refractivity contribution is 5.99. The smallest absolute Gasteiger partial charge is 0.419 e. The van der Waals surface area contributed by atoms with E-state index in [2.05, 4.69) is 0 Å². The van der Waals surface area contributed by atoms with Crippen molar-refractivity contribution >= 4 is 22.9 Å². The molecule has 6 heteroatoms. The Balaban J connectivity index is 2.33. The summed E-state index contributed by atoms with van der Waals surface area (Å²) in [6, 6.07) is 4.62. The molecule has 0 radical (unpaired) electrons. The summed E-state index contributed by atoms with van der Waals surface area (Å²) in [4.78, 5) is 33.3. The second-order valence-corrected chi connectivity index (χ2v) is 3.93. The van der Waals surface area contributed by atoms with Gasteiger partial charge < -0.3 is 9.52 Å². The number of aryl methyl sites for hydroxylation is 1. The molecule has 1 heterocycles. The minimum absolute atomic E-state index is 0.0715. The van der Waals surface area contributed by atoms with Crippen molar-refractivity contribution in [2.75, 3.05) is 0 Å². The molecule has 1 N–H and O–H groups in total. The third-order valence-corrected chi connectivity index (χ3v) is 2.68. The molecule has 0 unspecified atom stereocenters. The maximum atomic E-state index is 11.7. The van der Waals surface area contributed by atoms with Gasteiger partial charge in [-0.05, 0) is 18.2 Å². The number of carboxylic acid groups (broad SMARTS) is 1. The molecule has 0 aliphatic rings. The lowest BCUT2D eigenvalue weighted by molar-refractivity contribution is -0.136. The molecular formula is C12H11NO5. The van der Waals surface area contributed by atoms with Crippen molar-refractivity contribution < 1.29 is 19.1 Å². The molecule has 0 aliphatic carbocycles. The number of carbonyl (C=O) groups is 2. The third-order valence-electron chi connectivity index (χ3n) is 2.68. The second-order valence-electron chi connectivity index (χ2n) is 3.93. The number of carboxylic acids is 1. The fourth-order valence-corrected chi connectivity index (χ4v) is 1.67. The molecule has 6 nitrogen and oxygen atoms in total. The molecule has 0 saturated heterocycles. The maximum Gasteiger partial charge on any atom is 0.419 e. The molecule has 0 aliphatic heterocycles. The lowest BCUT2D eigenvalue weighted by Crippen LogP contribution is -2.08. The highest BCUT2D eigenvalue weighted by Gasteiger charge is 2.12. The van der Waals surface area contributed by atoms with Crippen LogP contribution in [0.1, 0.15) is 23.2 Å². The lowest BCUT2D eigenvalue weighted by Gasteiger charge is -1.99. The average Bonchev–Trinajstić information content (AvgIpc) is 2.61. The number of aromatic nitrogens is 1. The Morgan fingerprint density at radius 2 is 2.06 bits per heavy atom. The molecule has 1 aromatic carbocycles. The van der Waals surface area contributed by atoms with Crippen molar-refractivity contribution in [2.45, 2.75) is 12.8 Å². The summed E-state index contributed by atoms with van der Waals surface area (Å²) >= 11 is 0. The molecule has 1 aromatic heterocycles. The van der Waals surface area contributed by atoms with Gasteiger partial charge in [0.2, 0.25) is 0 Å². The number of aliphatic carboxylic acids is 1. The van der Waals surface area contributed by atoms with Crippen LogP contribution in [0, 0.1) is 0 Å². The van der Waals surface area contributed by atoms with E-state index in [9.17, 15) is 14.4 Å². The first kappa shape index (κ1) is 12.1. The third kappa shape index (κ3) is 2.17. The lowest BCUT2D eigenvalue weighted by atomic mass is 10.1. The number of benzene rings is 1. The van der Waals surface area contributed by atoms with Gasteiger partial charge in [-0.2, -0.15) is 0 Å². The van der Waals surface area contributed by atoms with Gasteiger partial charge in [0.05, 0.1) is 11.9 Å². The van der Waals surface area contributed by atoms with E-state index in [4.69, 9.17) is 9.52 Å². The van der Waals surface area contributed by atoms with Gasteiger partial charge in [0, 0.05) is 19.0 Å². The Morgan fingerprint density at radius 3 is 2.72 bits per heavy atom. The van der Waals surface area contributed by atoms with E-state index in [1.54, 1.807) is 19.2 Å². The minimum Gasteiger partial charge on any atom is -0.481 e. The largest absolute Gasteiger partial charge is 0.481 e. The van der Waals surface area contributed by atoms with Crippen molar-refractivity contribution in [3.63, 3.8) is 0 Å². The molecule has 94 valence electrons. The van der Waals surface area contributed by atoms with Gasteiger partial charge in [0.1, 0.15) is 0 Å². The van der Waals surface area contributed by atoms with Gasteiger partial charge in [-0.15, -0.1) is 0 Å². The first-order chi connectivity index (χ1) is 8.49. The molecule has 2 rings (SSSR count). The zero-order valence-electron chi connectivity index (χ0n) is 9.67. The Morgan fingerprint density at radius 1 is 1.33 bits per heavy atom. The summed E-state index contributed by atoms with van der Waals surface area (Å²) in [7, 11) is 1.57. The van der Waals surface area contributed by atoms with E-state index in [0.29, 0.717) is 16.7 Å². The van der Waals surface area contributed by atoms with Crippen LogP contribution in [-0.2, 0) is 11.8 Å². The number of hydrogen-bond donors (Lipinski definition) is 1. The first-order valence-electron chi connectivity index (χ1n) is 5.33. The zero-order valence-corrected chi connectivity index (χ0v) is 9.67. The number of oxazole rings is 1. The Hall–Kier alpha value is -2.37. The molecule has 18 heavy (non-hydrogen) atoms. The fourth-order valence-electron chi connectivity index (χ4n) is 1.67. The van der Waals surface area contributed by atoms with Crippen molar-refractivity contribution in [2.24, 2.45) is 7.05 Å². The van der Waals surface area contributed by atoms with E-state index in [1.807, 2.05) is 0 Å². The summed E-state index contributed by atoms with van der Waals surface area (Å²) < 4.78 is 6.29. The summed E-state index contributed by atoms with van der Waals surface area (Å²) in [5.41, 5.74) is 1.26. The number of rotatable bonds is 4. The topological polar surface area (TPSA) is 89.5 Å². The standard InChI is InChI=1S/C12H11NO5/c1-13-8-3-2-7(6-10(8)18-12(13)17)9(14)4-5-11(15)16/h2-3,6H,4-5H2,1H3,(H,15,16). The predicted molar refractivity (Wildman–Crippen MR) is 62.7 cm³/mol. The van der Waals surface area contributed by atoms with Gasteiger partial charge in [-0.25, -0.2) is 4.79 Å². The first-order valence-corrected chi connectivity index (χ1v) is 5.33. The van der Waals surface area contributed by atoms with Crippen LogP contribution in [0.25, 0.3) is 11.1 Å². The SMILES string of the molecule is Cn1c(=O)oc2cc(C(=O)CCC(=O)O)ccc21. The second kappa shape index (κ2) is 4.48. The van der Waals surface area contributed by atoms with Crippen LogP contribution in [0.15, 0.2) is 27.4 Å². The van der Waals surface area contributed by atoms with Crippen LogP contribution in [0.4, 0.5) is 0 Å². The van der Waals surface area contributed by atoms with Gasteiger partial charge >= 0.3 is 11.7 Å². The Bertz CT molecular complexity index is 679. The van der Waals surface area contributed by atoms with Crippen LogP contribution >= 0.6 is 0 Å². The van der Waals surface area contributed by atoms with Crippen molar-refractivity contribution in [3.8, 4) is 0 Å². The number of hydrogen-bond acceptors (Lipinski definition) is 4. The van der Waals surface area contributed by atoms with Gasteiger partial charge in [0.15, 0.2) is 11.4 Å².